The van der Waals surface area contributed by atoms with Crippen LogP contribution in [0.1, 0.15) is 18.7 Å². The van der Waals surface area contributed by atoms with Crippen molar-refractivity contribution in [3.8, 4) is 0 Å². The summed E-state index contributed by atoms with van der Waals surface area (Å²) in [7, 11) is -4.98. The number of H-pyrrole nitrogens is 1. The number of hydrogen-bond acceptors (Lipinski definition) is 17. The van der Waals surface area contributed by atoms with E-state index in [9.17, 15) is 29.4 Å². The van der Waals surface area contributed by atoms with Gasteiger partial charge in [-0.3, -0.25) is 27.9 Å². The standard InChI is InChI=1S/C21H26N10O11P2S/c22-16-10-17(25-4-24-16)31(6-26-10)20-13(33)15-9(40-20)3-38-43(35,36)41-14-8(1-7(12(14)32)2-39-44(37,45)42-15)30-5-27-11-18(30)28-21(23)29-19(11)34/h4-9,12-15,20,32-33H,1-3H2,(H,35,36)(H,37,45)(H2,22,24,25)(H3,23,28,29,34)/t7-,8-,9-,12?,13?,14?,15?,20-,44?/m1/s1. The lowest BCUT2D eigenvalue weighted by atomic mass is 10.1. The fourth-order valence-corrected chi connectivity index (χ4v) is 8.29. The van der Waals surface area contributed by atoms with Crippen molar-refractivity contribution in [1.82, 2.24) is 39.0 Å². The molecular weight excluding hydrogens is 662 g/mol. The first-order valence-corrected chi connectivity index (χ1v) is 17.4. The van der Waals surface area contributed by atoms with Crippen LogP contribution in [-0.4, -0.2) is 103 Å². The summed E-state index contributed by atoms with van der Waals surface area (Å²) in [6.07, 6.45) is -4.63. The van der Waals surface area contributed by atoms with Gasteiger partial charge in [-0.15, -0.1) is 0 Å². The molecule has 6 unspecified atom stereocenters. The second-order valence-corrected chi connectivity index (χ2v) is 14.8. The van der Waals surface area contributed by atoms with Gasteiger partial charge in [0.2, 0.25) is 5.95 Å². The summed E-state index contributed by atoms with van der Waals surface area (Å²) in [6.45, 7) is -5.24. The molecule has 4 aromatic heterocycles. The average Bonchev–Trinajstić information content (AvgIpc) is 3.72. The van der Waals surface area contributed by atoms with Crippen LogP contribution in [0.15, 0.2) is 23.8 Å². The molecule has 45 heavy (non-hydrogen) atoms. The Kier molecular flexibility index (Phi) is 7.55. The molecule has 3 aliphatic rings. The van der Waals surface area contributed by atoms with E-state index in [1.165, 1.54) is 28.1 Å². The third-order valence-corrected chi connectivity index (χ3v) is 10.4. The zero-order valence-electron chi connectivity index (χ0n) is 22.7. The van der Waals surface area contributed by atoms with E-state index >= 15 is 0 Å². The largest absolute Gasteiger partial charge is 0.472 e. The lowest BCUT2D eigenvalue weighted by molar-refractivity contribution is -0.0551. The topological polar surface area (TPSA) is 303 Å². The molecule has 0 radical (unpaired) electrons. The van der Waals surface area contributed by atoms with Crippen LogP contribution in [0.4, 0.5) is 11.8 Å². The van der Waals surface area contributed by atoms with Gasteiger partial charge in [-0.25, -0.2) is 24.5 Å². The average molecular weight is 689 g/mol. The second-order valence-electron chi connectivity index (χ2n) is 10.6. The number of anilines is 2. The first kappa shape index (κ1) is 30.7. The second kappa shape index (κ2) is 11.1. The zero-order valence-corrected chi connectivity index (χ0v) is 25.3. The molecule has 2 aliphatic heterocycles. The SMILES string of the molecule is Nc1nc2c(ncn2[C@@H]2C[C@@H]3COP(O)(=S)OC4C(O)[C@H](n5cnc6c(N)ncnc65)O[C@@H]4COP(=O)(O)OC2C3O)c(=O)[nH]1. The number of phosphoric ester groups is 1. The molecule has 24 heteroatoms. The van der Waals surface area contributed by atoms with Crippen LogP contribution in [0, 0.1) is 5.92 Å². The number of nitrogen functional groups attached to an aromatic ring is 2. The first-order chi connectivity index (χ1) is 21.3. The Morgan fingerprint density at radius 3 is 2.51 bits per heavy atom. The summed E-state index contributed by atoms with van der Waals surface area (Å²) in [5.74, 6) is -0.963. The van der Waals surface area contributed by atoms with E-state index in [2.05, 4.69) is 29.9 Å². The number of aromatic nitrogens is 8. The molecule has 10 atom stereocenters. The summed E-state index contributed by atoms with van der Waals surface area (Å²) in [6, 6.07) is -0.928. The molecule has 2 saturated heterocycles. The van der Waals surface area contributed by atoms with Gasteiger partial charge in [0, 0.05) is 5.92 Å². The van der Waals surface area contributed by atoms with E-state index in [-0.39, 0.29) is 47.1 Å². The van der Waals surface area contributed by atoms with Crippen LogP contribution in [0.2, 0.25) is 0 Å². The summed E-state index contributed by atoms with van der Waals surface area (Å²) in [5.41, 5.74) is 11.4. The molecule has 1 saturated carbocycles. The number of hydrogen-bond donors (Lipinski definition) is 7. The van der Waals surface area contributed by atoms with Gasteiger partial charge in [0.25, 0.3) is 5.56 Å². The lowest BCUT2D eigenvalue weighted by Crippen LogP contribution is -2.36. The maximum atomic E-state index is 13.3. The molecular formula is C21H26N10O11P2S. The molecule has 9 N–H and O–H groups in total. The van der Waals surface area contributed by atoms with Gasteiger partial charge in [-0.2, -0.15) is 4.98 Å². The van der Waals surface area contributed by atoms with Crippen LogP contribution in [0.5, 0.6) is 0 Å². The fraction of sp³-hybridized carbons (Fsp3) is 0.524. The van der Waals surface area contributed by atoms with Gasteiger partial charge in [-0.05, 0) is 18.2 Å². The predicted octanol–water partition coefficient (Wildman–Crippen LogP) is -1.56. The molecule has 0 aromatic carbocycles. The molecule has 0 amide bonds. The zero-order chi connectivity index (χ0) is 31.8. The Balaban J connectivity index is 1.21. The van der Waals surface area contributed by atoms with Gasteiger partial charge < -0.3 is 45.3 Å². The van der Waals surface area contributed by atoms with Crippen molar-refractivity contribution in [2.24, 2.45) is 5.92 Å². The molecule has 6 heterocycles. The van der Waals surface area contributed by atoms with Crippen LogP contribution in [-0.2, 0) is 39.2 Å². The molecule has 21 nitrogen and oxygen atoms in total. The quantitative estimate of drug-likeness (QED) is 0.117. The highest BCUT2D eigenvalue weighted by Crippen LogP contribution is 2.55. The number of ether oxygens (including phenoxy) is 1. The maximum absolute atomic E-state index is 13.3. The monoisotopic (exact) mass is 688 g/mol. The molecule has 0 spiro atoms. The van der Waals surface area contributed by atoms with Crippen LogP contribution < -0.4 is 17.0 Å². The Morgan fingerprint density at radius 2 is 1.71 bits per heavy atom. The van der Waals surface area contributed by atoms with E-state index in [4.69, 9.17) is 46.1 Å². The number of rotatable bonds is 2. The van der Waals surface area contributed by atoms with Gasteiger partial charge in [0.05, 0.1) is 38.0 Å². The minimum absolute atomic E-state index is 0.0273. The molecule has 1 aliphatic carbocycles. The van der Waals surface area contributed by atoms with Gasteiger partial charge in [0.15, 0.2) is 28.9 Å². The Morgan fingerprint density at radius 1 is 0.956 bits per heavy atom. The third kappa shape index (κ3) is 5.45. The molecule has 4 aromatic rings. The van der Waals surface area contributed by atoms with Crippen molar-refractivity contribution in [2.45, 2.75) is 49.2 Å². The van der Waals surface area contributed by atoms with Crippen molar-refractivity contribution in [2.75, 3.05) is 24.7 Å². The number of imidazole rings is 2. The highest BCUT2D eigenvalue weighted by atomic mass is 32.5. The number of fused-ring (bicyclic) bond motifs is 5. The van der Waals surface area contributed by atoms with E-state index in [1.807, 2.05) is 0 Å². The highest BCUT2D eigenvalue weighted by molar-refractivity contribution is 8.07. The number of aromatic amines is 1. The highest BCUT2D eigenvalue weighted by Gasteiger charge is 2.52. The summed E-state index contributed by atoms with van der Waals surface area (Å²) in [4.78, 5) is 56.8. The number of nitrogens with zero attached hydrogens (tertiary/aromatic N) is 7. The van der Waals surface area contributed by atoms with E-state index in [0.29, 0.717) is 0 Å². The number of aliphatic hydroxyl groups is 2. The predicted molar refractivity (Wildman–Crippen MR) is 153 cm³/mol. The van der Waals surface area contributed by atoms with Crippen molar-refractivity contribution < 1.29 is 47.4 Å². The van der Waals surface area contributed by atoms with Crippen molar-refractivity contribution >= 4 is 60.4 Å². The Bertz CT molecular complexity index is 1940. The van der Waals surface area contributed by atoms with Crippen LogP contribution >= 0.6 is 14.5 Å². The summed E-state index contributed by atoms with van der Waals surface area (Å²) in [5, 5.41) is 22.4. The van der Waals surface area contributed by atoms with E-state index in [0.717, 1.165) is 0 Å². The number of aliphatic hydroxyl groups excluding tert-OH is 2. The smallest absolute Gasteiger partial charge is 0.390 e. The molecule has 242 valence electrons. The number of nitrogens with one attached hydrogen (secondary N) is 1. The van der Waals surface area contributed by atoms with Crippen molar-refractivity contribution in [3.63, 3.8) is 0 Å². The van der Waals surface area contributed by atoms with Crippen molar-refractivity contribution in [1.29, 1.82) is 0 Å². The van der Waals surface area contributed by atoms with Crippen LogP contribution in [0.25, 0.3) is 22.3 Å². The summed E-state index contributed by atoms with van der Waals surface area (Å²) >= 11 is 5.23. The number of nitrogens with two attached hydrogens (primary N) is 2. The maximum Gasteiger partial charge on any atom is 0.472 e. The van der Waals surface area contributed by atoms with Gasteiger partial charge in [-0.1, -0.05) is 0 Å². The molecule has 2 bridgehead atoms. The normalized spacial score (nSPS) is 37.7. The fourth-order valence-electron chi connectivity index (χ4n) is 5.83. The molecule has 3 fully saturated rings. The van der Waals surface area contributed by atoms with E-state index in [1.54, 1.807) is 0 Å². The van der Waals surface area contributed by atoms with Crippen molar-refractivity contribution in [3.05, 3.63) is 29.3 Å². The van der Waals surface area contributed by atoms with Gasteiger partial charge in [0.1, 0.15) is 36.3 Å². The molecule has 7 rings (SSSR count). The Hall–Kier alpha value is -2.98. The van der Waals surface area contributed by atoms with E-state index < -0.39 is 75.4 Å². The lowest BCUT2D eigenvalue weighted by Gasteiger charge is -2.27. The summed E-state index contributed by atoms with van der Waals surface area (Å²) < 4.78 is 44.0. The van der Waals surface area contributed by atoms with Gasteiger partial charge >= 0.3 is 14.5 Å². The Labute approximate surface area is 256 Å². The third-order valence-electron chi connectivity index (χ3n) is 7.89. The minimum atomic E-state index is -4.98. The first-order valence-electron chi connectivity index (χ1n) is 13.3. The number of phosphoric acid groups is 1. The van der Waals surface area contributed by atoms with Crippen LogP contribution in [0.3, 0.4) is 0 Å². The minimum Gasteiger partial charge on any atom is -0.390 e.